The summed E-state index contributed by atoms with van der Waals surface area (Å²) in [6, 6.07) is 12.0. The molecule has 1 aliphatic carbocycles. The zero-order valence-corrected chi connectivity index (χ0v) is 12.9. The van der Waals surface area contributed by atoms with Gasteiger partial charge in [-0.15, -0.1) is 0 Å². The van der Waals surface area contributed by atoms with Crippen LogP contribution in [0.5, 0.6) is 0 Å². The van der Waals surface area contributed by atoms with Crippen molar-refractivity contribution in [2.45, 2.75) is 25.2 Å². The Bertz CT molecular complexity index is 912. The number of aryl methyl sites for hydroxylation is 1. The standard InChI is InChI=1S/C19H17N3O/c1-12-2-3-14(11-22-12)19(7-8-19)13-4-5-17-16(10-13)15(18(20)23)6-9-21-17/h2-6,9-11H,7-8H2,1H3,(H2,20,23). The van der Waals surface area contributed by atoms with E-state index < -0.39 is 5.91 Å². The number of amides is 1. The number of primary amides is 1. The van der Waals surface area contributed by atoms with Crippen LogP contribution in [0.1, 0.15) is 40.0 Å². The summed E-state index contributed by atoms with van der Waals surface area (Å²) in [7, 11) is 0. The summed E-state index contributed by atoms with van der Waals surface area (Å²) in [6.45, 7) is 1.99. The van der Waals surface area contributed by atoms with Crippen molar-refractivity contribution in [1.82, 2.24) is 9.97 Å². The van der Waals surface area contributed by atoms with Gasteiger partial charge < -0.3 is 5.73 Å². The highest BCUT2D eigenvalue weighted by molar-refractivity contribution is 6.05. The molecular weight excluding hydrogens is 286 g/mol. The molecule has 1 aromatic carbocycles. The molecule has 3 aromatic rings. The molecule has 0 spiro atoms. The van der Waals surface area contributed by atoms with Crippen LogP contribution in [0.25, 0.3) is 10.9 Å². The van der Waals surface area contributed by atoms with Gasteiger partial charge >= 0.3 is 0 Å². The van der Waals surface area contributed by atoms with Gasteiger partial charge in [0, 0.05) is 28.9 Å². The molecule has 0 atom stereocenters. The lowest BCUT2D eigenvalue weighted by Gasteiger charge is -2.17. The van der Waals surface area contributed by atoms with Crippen molar-refractivity contribution >= 4 is 16.8 Å². The van der Waals surface area contributed by atoms with Crippen LogP contribution in [0.15, 0.2) is 48.8 Å². The first kappa shape index (κ1) is 13.9. The summed E-state index contributed by atoms with van der Waals surface area (Å²) in [5.74, 6) is -0.420. The molecule has 2 aromatic heterocycles. The first-order valence-corrected chi connectivity index (χ1v) is 7.72. The smallest absolute Gasteiger partial charge is 0.249 e. The summed E-state index contributed by atoms with van der Waals surface area (Å²) >= 11 is 0. The Labute approximate surface area is 134 Å². The number of carbonyl (C=O) groups is 1. The summed E-state index contributed by atoms with van der Waals surface area (Å²) in [4.78, 5) is 20.4. The quantitative estimate of drug-likeness (QED) is 0.808. The van der Waals surface area contributed by atoms with Crippen molar-refractivity contribution < 1.29 is 4.79 Å². The Morgan fingerprint density at radius 2 is 1.87 bits per heavy atom. The van der Waals surface area contributed by atoms with Gasteiger partial charge in [0.25, 0.3) is 0 Å². The summed E-state index contributed by atoms with van der Waals surface area (Å²) in [6.07, 6.45) is 5.77. The second-order valence-electron chi connectivity index (χ2n) is 6.23. The van der Waals surface area contributed by atoms with Crippen LogP contribution in [-0.4, -0.2) is 15.9 Å². The number of hydrogen-bond donors (Lipinski definition) is 1. The molecule has 4 nitrogen and oxygen atoms in total. The maximum atomic E-state index is 11.7. The summed E-state index contributed by atoms with van der Waals surface area (Å²) in [5, 5.41) is 0.823. The largest absolute Gasteiger partial charge is 0.366 e. The zero-order valence-electron chi connectivity index (χ0n) is 12.9. The number of hydrogen-bond acceptors (Lipinski definition) is 3. The van der Waals surface area contributed by atoms with E-state index in [-0.39, 0.29) is 5.41 Å². The number of carbonyl (C=O) groups excluding carboxylic acids is 1. The minimum Gasteiger partial charge on any atom is -0.366 e. The Hall–Kier alpha value is -2.75. The highest BCUT2D eigenvalue weighted by Crippen LogP contribution is 2.53. The predicted molar refractivity (Wildman–Crippen MR) is 89.2 cm³/mol. The minimum absolute atomic E-state index is 0.0135. The molecule has 4 heteroatoms. The SMILES string of the molecule is Cc1ccc(C2(c3ccc4nccc(C(N)=O)c4c3)CC2)cn1. The van der Waals surface area contributed by atoms with E-state index in [1.54, 1.807) is 12.3 Å². The van der Waals surface area contributed by atoms with Gasteiger partial charge in [-0.2, -0.15) is 0 Å². The van der Waals surface area contributed by atoms with E-state index in [1.807, 2.05) is 25.3 Å². The fourth-order valence-electron chi connectivity index (χ4n) is 3.28. The first-order valence-electron chi connectivity index (χ1n) is 7.72. The molecule has 1 aliphatic rings. The molecule has 0 saturated heterocycles. The first-order chi connectivity index (χ1) is 11.1. The van der Waals surface area contributed by atoms with E-state index in [0.29, 0.717) is 5.56 Å². The van der Waals surface area contributed by atoms with E-state index in [9.17, 15) is 4.79 Å². The molecule has 0 radical (unpaired) electrons. The third-order valence-corrected chi connectivity index (χ3v) is 4.77. The van der Waals surface area contributed by atoms with Gasteiger partial charge in [0.2, 0.25) is 5.91 Å². The topological polar surface area (TPSA) is 68.9 Å². The van der Waals surface area contributed by atoms with Crippen molar-refractivity contribution in [3.05, 3.63) is 71.2 Å². The summed E-state index contributed by atoms with van der Waals surface area (Å²) in [5.41, 5.74) is 10.3. The van der Waals surface area contributed by atoms with Gasteiger partial charge in [-0.25, -0.2) is 0 Å². The number of rotatable bonds is 3. The molecule has 114 valence electrons. The highest BCUT2D eigenvalue weighted by atomic mass is 16.1. The van der Waals surface area contributed by atoms with Gasteiger partial charge in [-0.3, -0.25) is 14.8 Å². The second-order valence-corrected chi connectivity index (χ2v) is 6.23. The Balaban J connectivity index is 1.87. The van der Waals surface area contributed by atoms with Crippen LogP contribution < -0.4 is 5.73 Å². The maximum Gasteiger partial charge on any atom is 0.249 e. The number of aromatic nitrogens is 2. The van der Waals surface area contributed by atoms with Gasteiger partial charge in [0.15, 0.2) is 0 Å². The number of pyridine rings is 2. The fourth-order valence-corrected chi connectivity index (χ4v) is 3.28. The normalized spacial score (nSPS) is 15.5. The van der Waals surface area contributed by atoms with Crippen LogP contribution in [0.4, 0.5) is 0 Å². The third kappa shape index (κ3) is 2.18. The number of benzene rings is 1. The van der Waals surface area contributed by atoms with Gasteiger partial charge in [0.1, 0.15) is 0 Å². The summed E-state index contributed by atoms with van der Waals surface area (Å²) < 4.78 is 0. The minimum atomic E-state index is -0.420. The monoisotopic (exact) mass is 303 g/mol. The molecular formula is C19H17N3O. The molecule has 4 rings (SSSR count). The Kier molecular flexibility index (Phi) is 2.94. The van der Waals surface area contributed by atoms with Crippen molar-refractivity contribution in [3.8, 4) is 0 Å². The number of nitrogens with zero attached hydrogens (tertiary/aromatic N) is 2. The van der Waals surface area contributed by atoms with Gasteiger partial charge in [-0.05, 0) is 55.2 Å². The van der Waals surface area contributed by atoms with Crippen LogP contribution in [0, 0.1) is 6.92 Å². The molecule has 0 bridgehead atoms. The van der Waals surface area contributed by atoms with E-state index >= 15 is 0 Å². The fraction of sp³-hybridized carbons (Fsp3) is 0.211. The van der Waals surface area contributed by atoms with Crippen LogP contribution in [0.2, 0.25) is 0 Å². The zero-order chi connectivity index (χ0) is 16.0. The molecule has 1 fully saturated rings. The van der Waals surface area contributed by atoms with Gasteiger partial charge in [0.05, 0.1) is 11.1 Å². The molecule has 2 heterocycles. The Morgan fingerprint density at radius 3 is 2.52 bits per heavy atom. The molecule has 23 heavy (non-hydrogen) atoms. The van der Waals surface area contributed by atoms with E-state index in [0.717, 1.165) is 29.4 Å². The van der Waals surface area contributed by atoms with Crippen molar-refractivity contribution in [2.24, 2.45) is 5.73 Å². The number of nitrogens with two attached hydrogens (primary N) is 1. The second kappa shape index (κ2) is 4.88. The average Bonchev–Trinajstić information content (AvgIpc) is 3.36. The predicted octanol–water partition coefficient (Wildman–Crippen LogP) is 3.12. The van der Waals surface area contributed by atoms with Crippen molar-refractivity contribution in [2.75, 3.05) is 0 Å². The van der Waals surface area contributed by atoms with E-state index in [4.69, 9.17) is 5.73 Å². The lowest BCUT2D eigenvalue weighted by atomic mass is 9.87. The lowest BCUT2D eigenvalue weighted by molar-refractivity contribution is 0.100. The number of fused-ring (bicyclic) bond motifs is 1. The Morgan fingerprint density at radius 1 is 1.09 bits per heavy atom. The molecule has 1 saturated carbocycles. The van der Waals surface area contributed by atoms with Crippen LogP contribution in [0.3, 0.4) is 0 Å². The molecule has 0 aliphatic heterocycles. The third-order valence-electron chi connectivity index (χ3n) is 4.77. The molecule has 0 unspecified atom stereocenters. The van der Waals surface area contributed by atoms with Crippen LogP contribution >= 0.6 is 0 Å². The lowest BCUT2D eigenvalue weighted by Crippen LogP contribution is -2.13. The molecule has 1 amide bonds. The maximum absolute atomic E-state index is 11.7. The molecule has 2 N–H and O–H groups in total. The van der Waals surface area contributed by atoms with E-state index in [1.165, 1.54) is 11.1 Å². The highest BCUT2D eigenvalue weighted by Gasteiger charge is 2.46. The van der Waals surface area contributed by atoms with E-state index in [2.05, 4.69) is 28.2 Å². The van der Waals surface area contributed by atoms with Crippen LogP contribution in [-0.2, 0) is 5.41 Å². The van der Waals surface area contributed by atoms with Crippen molar-refractivity contribution in [1.29, 1.82) is 0 Å². The van der Waals surface area contributed by atoms with Crippen molar-refractivity contribution in [3.63, 3.8) is 0 Å². The van der Waals surface area contributed by atoms with Gasteiger partial charge in [-0.1, -0.05) is 12.1 Å². The average molecular weight is 303 g/mol.